The zero-order valence-corrected chi connectivity index (χ0v) is 15.5. The minimum Gasteiger partial charge on any atom is -0.475 e. The van der Waals surface area contributed by atoms with Gasteiger partial charge in [-0.05, 0) is 31.4 Å². The monoisotopic (exact) mass is 354 g/mol. The summed E-state index contributed by atoms with van der Waals surface area (Å²) < 4.78 is 10.4. The number of hydrogen-bond donors (Lipinski definition) is 1. The van der Waals surface area contributed by atoms with Crippen LogP contribution in [0.25, 0.3) is 0 Å². The molecule has 1 aromatic heterocycles. The lowest BCUT2D eigenvalue weighted by molar-refractivity contribution is -0.121. The Labute approximate surface area is 154 Å². The van der Waals surface area contributed by atoms with Crippen molar-refractivity contribution in [1.29, 1.82) is 0 Å². The number of nitrogens with one attached hydrogen (secondary N) is 1. The zero-order valence-electron chi connectivity index (χ0n) is 15.5. The number of carbonyl (C=O) groups excluding carboxylic acids is 1. The van der Waals surface area contributed by atoms with Gasteiger partial charge in [-0.1, -0.05) is 42.7 Å². The van der Waals surface area contributed by atoms with E-state index in [-0.39, 0.29) is 5.91 Å². The summed E-state index contributed by atoms with van der Waals surface area (Å²) in [5.41, 5.74) is 2.54. The summed E-state index contributed by atoms with van der Waals surface area (Å²) in [7, 11) is 1.63. The number of methoxy groups -OCH3 is 1. The number of pyridine rings is 1. The highest BCUT2D eigenvalue weighted by atomic mass is 16.5. The Balaban J connectivity index is 1.73. The summed E-state index contributed by atoms with van der Waals surface area (Å²) in [6.07, 6.45) is 5.55. The smallest absolute Gasteiger partial charge is 0.235 e. The molecule has 1 saturated carbocycles. The predicted molar refractivity (Wildman–Crippen MR) is 102 cm³/mol. The van der Waals surface area contributed by atoms with E-state index in [9.17, 15) is 4.79 Å². The quantitative estimate of drug-likeness (QED) is 0.767. The first-order valence-electron chi connectivity index (χ1n) is 9.10. The Bertz CT molecular complexity index is 737. The van der Waals surface area contributed by atoms with Crippen LogP contribution in [0.3, 0.4) is 0 Å². The molecule has 1 heterocycles. The first kappa shape index (κ1) is 18.4. The van der Waals surface area contributed by atoms with Gasteiger partial charge in [0.05, 0.1) is 23.9 Å². The molecule has 0 bridgehead atoms. The number of hydrogen-bond acceptors (Lipinski definition) is 4. The Morgan fingerprint density at radius 2 is 2.00 bits per heavy atom. The van der Waals surface area contributed by atoms with E-state index in [0.29, 0.717) is 24.8 Å². The van der Waals surface area contributed by atoms with Crippen LogP contribution in [0.1, 0.15) is 36.8 Å². The maximum absolute atomic E-state index is 13.2. The molecule has 26 heavy (non-hydrogen) atoms. The van der Waals surface area contributed by atoms with Gasteiger partial charge in [0.2, 0.25) is 11.8 Å². The van der Waals surface area contributed by atoms with Gasteiger partial charge in [-0.15, -0.1) is 0 Å². The standard InChI is InChI=1S/C21H26N2O3/c1-16-6-5-7-17(14-16)21(10-3-4-11-21)20(24)23-18-8-9-19(22-15-18)26-13-12-25-2/h5-9,14-15H,3-4,10-13H2,1-2H3,(H,23,24). The number of amides is 1. The molecule has 0 spiro atoms. The minimum atomic E-state index is -0.445. The molecule has 1 aliphatic carbocycles. The van der Waals surface area contributed by atoms with Crippen molar-refractivity contribution in [2.45, 2.75) is 38.0 Å². The van der Waals surface area contributed by atoms with E-state index in [2.05, 4.69) is 35.4 Å². The summed E-state index contributed by atoms with van der Waals surface area (Å²) in [6, 6.07) is 11.9. The number of carbonyl (C=O) groups is 1. The van der Waals surface area contributed by atoms with Gasteiger partial charge >= 0.3 is 0 Å². The first-order chi connectivity index (χ1) is 12.6. The van der Waals surface area contributed by atoms with Gasteiger partial charge in [-0.3, -0.25) is 4.79 Å². The summed E-state index contributed by atoms with van der Waals surface area (Å²) in [5.74, 6) is 0.574. The Morgan fingerprint density at radius 1 is 1.19 bits per heavy atom. The molecule has 1 N–H and O–H groups in total. The predicted octanol–water partition coefficient (Wildman–Crippen LogP) is 3.87. The molecule has 3 rings (SSSR count). The number of rotatable bonds is 7. The summed E-state index contributed by atoms with van der Waals surface area (Å²) in [5, 5.41) is 3.06. The molecule has 1 amide bonds. The van der Waals surface area contributed by atoms with Crippen molar-refractivity contribution >= 4 is 11.6 Å². The molecular formula is C21H26N2O3. The van der Waals surface area contributed by atoms with Crippen LogP contribution < -0.4 is 10.1 Å². The molecule has 0 aliphatic heterocycles. The van der Waals surface area contributed by atoms with Crippen molar-refractivity contribution in [1.82, 2.24) is 4.98 Å². The lowest BCUT2D eigenvalue weighted by Crippen LogP contribution is -2.38. The highest BCUT2D eigenvalue weighted by molar-refractivity contribution is 5.99. The number of anilines is 1. The molecule has 0 atom stereocenters. The van der Waals surface area contributed by atoms with Crippen molar-refractivity contribution in [3.8, 4) is 5.88 Å². The van der Waals surface area contributed by atoms with Crippen LogP contribution in [0, 0.1) is 6.92 Å². The number of aryl methyl sites for hydroxylation is 1. The third-order valence-corrected chi connectivity index (χ3v) is 4.99. The molecule has 2 aromatic rings. The van der Waals surface area contributed by atoms with Gasteiger partial charge in [-0.2, -0.15) is 0 Å². The largest absolute Gasteiger partial charge is 0.475 e. The molecule has 0 unspecified atom stereocenters. The van der Waals surface area contributed by atoms with Crippen molar-refractivity contribution in [3.05, 3.63) is 53.7 Å². The van der Waals surface area contributed by atoms with E-state index in [1.54, 1.807) is 19.4 Å². The third-order valence-electron chi connectivity index (χ3n) is 4.99. The molecule has 1 aromatic carbocycles. The lowest BCUT2D eigenvalue weighted by Gasteiger charge is -2.28. The fourth-order valence-electron chi connectivity index (χ4n) is 3.59. The average Bonchev–Trinajstić information content (AvgIpc) is 3.15. The summed E-state index contributed by atoms with van der Waals surface area (Å²) in [6.45, 7) is 3.03. The fraction of sp³-hybridized carbons (Fsp3) is 0.429. The fourth-order valence-corrected chi connectivity index (χ4v) is 3.59. The third kappa shape index (κ3) is 4.05. The topological polar surface area (TPSA) is 60.5 Å². The van der Waals surface area contributed by atoms with Gasteiger partial charge < -0.3 is 14.8 Å². The van der Waals surface area contributed by atoms with Crippen molar-refractivity contribution in [2.75, 3.05) is 25.6 Å². The SMILES string of the molecule is COCCOc1ccc(NC(=O)C2(c3cccc(C)c3)CCCC2)cn1. The van der Waals surface area contributed by atoms with Gasteiger partial charge in [-0.25, -0.2) is 4.98 Å². The normalized spacial score (nSPS) is 15.6. The van der Waals surface area contributed by atoms with Crippen molar-refractivity contribution < 1.29 is 14.3 Å². The maximum atomic E-state index is 13.2. The molecule has 5 heteroatoms. The lowest BCUT2D eigenvalue weighted by atomic mass is 9.77. The average molecular weight is 354 g/mol. The Hall–Kier alpha value is -2.40. The van der Waals surface area contributed by atoms with Gasteiger partial charge in [0, 0.05) is 13.2 Å². The second kappa shape index (κ2) is 8.32. The highest BCUT2D eigenvalue weighted by Gasteiger charge is 2.42. The highest BCUT2D eigenvalue weighted by Crippen LogP contribution is 2.42. The van der Waals surface area contributed by atoms with E-state index >= 15 is 0 Å². The van der Waals surface area contributed by atoms with Crippen molar-refractivity contribution in [2.24, 2.45) is 0 Å². The van der Waals surface area contributed by atoms with E-state index in [0.717, 1.165) is 31.2 Å². The molecule has 0 radical (unpaired) electrons. The first-order valence-corrected chi connectivity index (χ1v) is 9.10. The summed E-state index contributed by atoms with van der Waals surface area (Å²) >= 11 is 0. The molecule has 138 valence electrons. The van der Waals surface area contributed by atoms with E-state index in [4.69, 9.17) is 9.47 Å². The number of benzene rings is 1. The molecule has 1 aliphatic rings. The maximum Gasteiger partial charge on any atom is 0.235 e. The molecule has 0 saturated heterocycles. The van der Waals surface area contributed by atoms with E-state index < -0.39 is 5.41 Å². The van der Waals surface area contributed by atoms with Crippen LogP contribution in [0.2, 0.25) is 0 Å². The van der Waals surface area contributed by atoms with Crippen LogP contribution in [0.4, 0.5) is 5.69 Å². The molecular weight excluding hydrogens is 328 g/mol. The van der Waals surface area contributed by atoms with Crippen LogP contribution in [0.15, 0.2) is 42.6 Å². The van der Waals surface area contributed by atoms with Crippen LogP contribution in [-0.2, 0) is 14.9 Å². The Kier molecular flexibility index (Phi) is 5.89. The van der Waals surface area contributed by atoms with Crippen LogP contribution in [0.5, 0.6) is 5.88 Å². The van der Waals surface area contributed by atoms with Gasteiger partial charge in [0.15, 0.2) is 0 Å². The van der Waals surface area contributed by atoms with Crippen molar-refractivity contribution in [3.63, 3.8) is 0 Å². The molecule has 5 nitrogen and oxygen atoms in total. The second-order valence-electron chi connectivity index (χ2n) is 6.84. The summed E-state index contributed by atoms with van der Waals surface area (Å²) in [4.78, 5) is 17.4. The number of nitrogens with zero attached hydrogens (tertiary/aromatic N) is 1. The van der Waals surface area contributed by atoms with Crippen LogP contribution >= 0.6 is 0 Å². The van der Waals surface area contributed by atoms with E-state index in [1.807, 2.05) is 12.1 Å². The second-order valence-corrected chi connectivity index (χ2v) is 6.84. The van der Waals surface area contributed by atoms with Gasteiger partial charge in [0.25, 0.3) is 0 Å². The number of ether oxygens (including phenoxy) is 2. The molecule has 1 fully saturated rings. The zero-order chi connectivity index (χ0) is 18.4. The van der Waals surface area contributed by atoms with Crippen LogP contribution in [-0.4, -0.2) is 31.2 Å². The number of aromatic nitrogens is 1. The Morgan fingerprint density at radius 3 is 2.65 bits per heavy atom. The minimum absolute atomic E-state index is 0.0513. The van der Waals surface area contributed by atoms with E-state index in [1.165, 1.54) is 5.56 Å². The van der Waals surface area contributed by atoms with Gasteiger partial charge in [0.1, 0.15) is 6.61 Å².